The molecule has 2 nitrogen and oxygen atoms in total. The molecule has 0 spiro atoms. The molecule has 0 saturated carbocycles. The van der Waals surface area contributed by atoms with Gasteiger partial charge < -0.3 is 5.32 Å². The van der Waals surface area contributed by atoms with Gasteiger partial charge in [0.25, 0.3) is 0 Å². The Labute approximate surface area is 98.1 Å². The first-order chi connectivity index (χ1) is 7.24. The minimum Gasteiger partial charge on any atom is -0.389 e. The van der Waals surface area contributed by atoms with E-state index in [1.807, 2.05) is 12.1 Å². The zero-order valence-corrected chi connectivity index (χ0v) is 9.31. The molecule has 0 aliphatic carbocycles. The molecule has 1 unspecified atom stereocenters. The molecule has 1 atom stereocenters. The van der Waals surface area contributed by atoms with Crippen molar-refractivity contribution in [3.8, 4) is 6.07 Å². The van der Waals surface area contributed by atoms with Crippen LogP contribution in [0.15, 0.2) is 30.0 Å². The fourth-order valence-electron chi connectivity index (χ4n) is 1.67. The maximum atomic E-state index is 8.92. The fourth-order valence-corrected chi connectivity index (χ4v) is 2.11. The van der Waals surface area contributed by atoms with E-state index in [0.717, 1.165) is 5.56 Å². The monoisotopic (exact) mass is 238 g/mol. The van der Waals surface area contributed by atoms with Crippen molar-refractivity contribution in [3.63, 3.8) is 0 Å². The van der Waals surface area contributed by atoms with E-state index in [2.05, 4.69) is 11.4 Å². The quantitative estimate of drug-likeness (QED) is 0.817. The number of halogens is 2. The van der Waals surface area contributed by atoms with Gasteiger partial charge in [0, 0.05) is 18.7 Å². The van der Waals surface area contributed by atoms with E-state index < -0.39 is 0 Å². The van der Waals surface area contributed by atoms with Gasteiger partial charge in [0.15, 0.2) is 0 Å². The fraction of sp³-hybridized carbons (Fsp3) is 0.182. The van der Waals surface area contributed by atoms with Gasteiger partial charge in [-0.1, -0.05) is 35.3 Å². The van der Waals surface area contributed by atoms with Gasteiger partial charge in [0.2, 0.25) is 0 Å². The van der Waals surface area contributed by atoms with Crippen molar-refractivity contribution in [2.24, 2.45) is 0 Å². The zero-order valence-electron chi connectivity index (χ0n) is 7.80. The number of nitrogens with one attached hydrogen (secondary N) is 1. The maximum Gasteiger partial charge on any atom is 0.0969 e. The van der Waals surface area contributed by atoms with Crippen LogP contribution in [0.1, 0.15) is 11.5 Å². The lowest BCUT2D eigenvalue weighted by Crippen LogP contribution is -2.09. The summed E-state index contributed by atoms with van der Waals surface area (Å²) in [6.45, 7) is 0.697. The van der Waals surface area contributed by atoms with E-state index in [9.17, 15) is 0 Å². The number of nitrogens with zero attached hydrogens (tertiary/aromatic N) is 1. The Bertz CT molecular complexity index is 460. The van der Waals surface area contributed by atoms with Crippen LogP contribution in [0.4, 0.5) is 0 Å². The SMILES string of the molecule is N#CC1=CNCC1c1cccc(Cl)c1Cl. The first kappa shape index (κ1) is 10.4. The van der Waals surface area contributed by atoms with E-state index >= 15 is 0 Å². The number of nitriles is 1. The highest BCUT2D eigenvalue weighted by molar-refractivity contribution is 6.42. The van der Waals surface area contributed by atoms with Crippen LogP contribution in [-0.2, 0) is 0 Å². The van der Waals surface area contributed by atoms with Crippen LogP contribution >= 0.6 is 23.2 Å². The molecule has 0 aromatic heterocycles. The molecule has 1 heterocycles. The summed E-state index contributed by atoms with van der Waals surface area (Å²) < 4.78 is 0. The van der Waals surface area contributed by atoms with Crippen molar-refractivity contribution in [2.75, 3.05) is 6.54 Å². The topological polar surface area (TPSA) is 35.8 Å². The summed E-state index contributed by atoms with van der Waals surface area (Å²) in [6, 6.07) is 7.64. The van der Waals surface area contributed by atoms with Gasteiger partial charge >= 0.3 is 0 Å². The molecule has 2 rings (SSSR count). The van der Waals surface area contributed by atoms with Gasteiger partial charge in [-0.3, -0.25) is 0 Å². The Morgan fingerprint density at radius 2 is 2.20 bits per heavy atom. The van der Waals surface area contributed by atoms with Crippen LogP contribution in [0.5, 0.6) is 0 Å². The summed E-state index contributed by atoms with van der Waals surface area (Å²) in [4.78, 5) is 0. The average Bonchev–Trinajstić information content (AvgIpc) is 2.70. The molecular formula is C11H8Cl2N2. The van der Waals surface area contributed by atoms with Crippen molar-refractivity contribution < 1.29 is 0 Å². The van der Waals surface area contributed by atoms with Crippen LogP contribution in [0.3, 0.4) is 0 Å². The van der Waals surface area contributed by atoms with Crippen LogP contribution in [-0.4, -0.2) is 6.54 Å². The molecule has 1 N–H and O–H groups in total. The zero-order chi connectivity index (χ0) is 10.8. The predicted octanol–water partition coefficient (Wildman–Crippen LogP) is 3.09. The van der Waals surface area contributed by atoms with Gasteiger partial charge in [-0.05, 0) is 11.6 Å². The van der Waals surface area contributed by atoms with E-state index in [0.29, 0.717) is 22.2 Å². The Hall–Kier alpha value is -1.17. The summed E-state index contributed by atoms with van der Waals surface area (Å²) >= 11 is 12.0. The van der Waals surface area contributed by atoms with Crippen molar-refractivity contribution in [2.45, 2.75) is 5.92 Å². The molecule has 15 heavy (non-hydrogen) atoms. The summed E-state index contributed by atoms with van der Waals surface area (Å²) in [5, 5.41) is 13.0. The van der Waals surface area contributed by atoms with Crippen LogP contribution in [0.25, 0.3) is 0 Å². The summed E-state index contributed by atoms with van der Waals surface area (Å²) in [7, 11) is 0. The second kappa shape index (κ2) is 4.14. The highest BCUT2D eigenvalue weighted by atomic mass is 35.5. The molecule has 0 radical (unpaired) electrons. The first-order valence-electron chi connectivity index (χ1n) is 4.51. The largest absolute Gasteiger partial charge is 0.389 e. The van der Waals surface area contributed by atoms with Crippen LogP contribution < -0.4 is 5.32 Å². The van der Waals surface area contributed by atoms with Crippen molar-refractivity contribution in [1.29, 1.82) is 5.26 Å². The smallest absolute Gasteiger partial charge is 0.0969 e. The molecule has 1 aromatic rings. The third-order valence-corrected chi connectivity index (χ3v) is 3.27. The summed E-state index contributed by atoms with van der Waals surface area (Å²) in [5.41, 5.74) is 1.60. The Morgan fingerprint density at radius 3 is 2.93 bits per heavy atom. The molecular weight excluding hydrogens is 231 g/mol. The van der Waals surface area contributed by atoms with Gasteiger partial charge in [-0.25, -0.2) is 0 Å². The minimum atomic E-state index is 0.0150. The van der Waals surface area contributed by atoms with Crippen molar-refractivity contribution in [1.82, 2.24) is 5.32 Å². The predicted molar refractivity (Wildman–Crippen MR) is 60.9 cm³/mol. The molecule has 0 bridgehead atoms. The van der Waals surface area contributed by atoms with Gasteiger partial charge in [-0.15, -0.1) is 0 Å². The van der Waals surface area contributed by atoms with Gasteiger partial charge in [-0.2, -0.15) is 5.26 Å². The van der Waals surface area contributed by atoms with E-state index in [1.54, 1.807) is 12.3 Å². The summed E-state index contributed by atoms with van der Waals surface area (Å²) in [6.07, 6.45) is 1.72. The van der Waals surface area contributed by atoms with E-state index in [4.69, 9.17) is 28.5 Å². The molecule has 1 aliphatic heterocycles. The Balaban J connectivity index is 2.43. The van der Waals surface area contributed by atoms with Crippen molar-refractivity contribution in [3.05, 3.63) is 45.6 Å². The third-order valence-electron chi connectivity index (χ3n) is 2.44. The molecule has 4 heteroatoms. The number of rotatable bonds is 1. The van der Waals surface area contributed by atoms with Gasteiger partial charge in [0.1, 0.15) is 0 Å². The molecule has 0 saturated heterocycles. The lowest BCUT2D eigenvalue weighted by molar-refractivity contribution is 0.801. The van der Waals surface area contributed by atoms with Crippen molar-refractivity contribution >= 4 is 23.2 Å². The Morgan fingerprint density at radius 1 is 1.40 bits per heavy atom. The normalized spacial score (nSPS) is 19.3. The molecule has 76 valence electrons. The third kappa shape index (κ3) is 1.81. The number of hydrogen-bond acceptors (Lipinski definition) is 2. The summed E-state index contributed by atoms with van der Waals surface area (Å²) in [5.74, 6) is 0.0150. The minimum absolute atomic E-state index is 0.0150. The standard InChI is InChI=1S/C11H8Cl2N2/c12-10-3-1-2-8(11(10)13)9-6-15-5-7(9)4-14/h1-3,5,9,15H,6H2. The maximum absolute atomic E-state index is 8.92. The second-order valence-corrected chi connectivity index (χ2v) is 4.10. The van der Waals surface area contributed by atoms with Crippen LogP contribution in [0, 0.1) is 11.3 Å². The lowest BCUT2D eigenvalue weighted by atomic mass is 9.94. The van der Waals surface area contributed by atoms with E-state index in [-0.39, 0.29) is 5.92 Å². The molecule has 0 fully saturated rings. The molecule has 0 amide bonds. The first-order valence-corrected chi connectivity index (χ1v) is 5.27. The Kier molecular flexibility index (Phi) is 2.86. The second-order valence-electron chi connectivity index (χ2n) is 3.32. The van der Waals surface area contributed by atoms with Gasteiger partial charge in [0.05, 0.1) is 21.7 Å². The molecule has 1 aromatic carbocycles. The van der Waals surface area contributed by atoms with E-state index in [1.165, 1.54) is 0 Å². The number of benzene rings is 1. The highest BCUT2D eigenvalue weighted by Gasteiger charge is 2.23. The number of hydrogen-bond donors (Lipinski definition) is 1. The highest BCUT2D eigenvalue weighted by Crippen LogP contribution is 2.35. The lowest BCUT2D eigenvalue weighted by Gasteiger charge is -2.12. The van der Waals surface area contributed by atoms with Crippen LogP contribution in [0.2, 0.25) is 10.0 Å². The average molecular weight is 239 g/mol. The molecule has 1 aliphatic rings.